The van der Waals surface area contributed by atoms with E-state index in [2.05, 4.69) is 4.98 Å². The van der Waals surface area contributed by atoms with Gasteiger partial charge in [-0.2, -0.15) is 0 Å². The molecule has 1 aliphatic heterocycles. The average molecular weight is 301 g/mol. The normalized spacial score (nSPS) is 22.0. The van der Waals surface area contributed by atoms with Gasteiger partial charge in [0.1, 0.15) is 17.0 Å². The van der Waals surface area contributed by atoms with Crippen molar-refractivity contribution < 1.29 is 9.53 Å². The fraction of sp³-hybridized carbons (Fsp3) is 0.438. The van der Waals surface area contributed by atoms with E-state index in [9.17, 15) is 9.59 Å². The van der Waals surface area contributed by atoms with Crippen LogP contribution >= 0.6 is 0 Å². The van der Waals surface area contributed by atoms with Crippen LogP contribution in [0.25, 0.3) is 5.65 Å². The number of carbonyl (C=O) groups excluding carboxylic acids is 1. The summed E-state index contributed by atoms with van der Waals surface area (Å²) in [5.74, 6) is 0.450. The molecule has 1 saturated heterocycles. The van der Waals surface area contributed by atoms with E-state index >= 15 is 0 Å². The second-order valence-corrected chi connectivity index (χ2v) is 5.87. The first kappa shape index (κ1) is 14.7. The van der Waals surface area contributed by atoms with Gasteiger partial charge in [0, 0.05) is 19.3 Å². The zero-order valence-electron chi connectivity index (χ0n) is 12.9. The number of aryl methyl sites for hydroxylation is 1. The van der Waals surface area contributed by atoms with Crippen LogP contribution in [0.4, 0.5) is 5.82 Å². The molecule has 0 aliphatic carbocycles. The Kier molecular flexibility index (Phi) is 3.70. The molecule has 2 aromatic rings. The van der Waals surface area contributed by atoms with Crippen molar-refractivity contribution in [3.05, 3.63) is 39.8 Å². The first-order chi connectivity index (χ1) is 10.5. The van der Waals surface area contributed by atoms with Gasteiger partial charge >= 0.3 is 0 Å². The Hall–Kier alpha value is -2.21. The number of hydrogen-bond acceptors (Lipinski definition) is 5. The maximum Gasteiger partial charge on any atom is 0.270 e. The molecule has 116 valence electrons. The summed E-state index contributed by atoms with van der Waals surface area (Å²) in [7, 11) is 0. The van der Waals surface area contributed by atoms with Gasteiger partial charge in [-0.3, -0.25) is 14.0 Å². The van der Waals surface area contributed by atoms with Gasteiger partial charge in [0.15, 0.2) is 6.29 Å². The fourth-order valence-electron chi connectivity index (χ4n) is 2.94. The summed E-state index contributed by atoms with van der Waals surface area (Å²) in [4.78, 5) is 30.5. The van der Waals surface area contributed by atoms with Gasteiger partial charge in [-0.1, -0.05) is 6.07 Å². The summed E-state index contributed by atoms with van der Waals surface area (Å²) < 4.78 is 7.13. The lowest BCUT2D eigenvalue weighted by Crippen LogP contribution is -2.47. The molecule has 0 saturated carbocycles. The molecule has 22 heavy (non-hydrogen) atoms. The lowest BCUT2D eigenvalue weighted by Gasteiger charge is -2.36. The lowest BCUT2D eigenvalue weighted by atomic mass is 10.2. The van der Waals surface area contributed by atoms with Gasteiger partial charge in [0.25, 0.3) is 5.56 Å². The number of fused-ring (bicyclic) bond motifs is 1. The van der Waals surface area contributed by atoms with E-state index in [1.54, 1.807) is 12.3 Å². The number of nitrogens with zero attached hydrogens (tertiary/aromatic N) is 3. The molecule has 3 rings (SSSR count). The Morgan fingerprint density at radius 1 is 1.27 bits per heavy atom. The summed E-state index contributed by atoms with van der Waals surface area (Å²) in [6, 6.07) is 3.69. The van der Waals surface area contributed by atoms with E-state index in [1.807, 2.05) is 31.7 Å². The zero-order valence-corrected chi connectivity index (χ0v) is 12.9. The highest BCUT2D eigenvalue weighted by atomic mass is 16.5. The molecule has 0 radical (unpaired) electrons. The quantitative estimate of drug-likeness (QED) is 0.785. The number of ether oxygens (including phenoxy) is 1. The van der Waals surface area contributed by atoms with E-state index in [0.29, 0.717) is 30.8 Å². The maximum absolute atomic E-state index is 12.6. The van der Waals surface area contributed by atoms with Gasteiger partial charge in [-0.05, 0) is 32.4 Å². The van der Waals surface area contributed by atoms with Gasteiger partial charge in [0.2, 0.25) is 0 Å². The molecule has 6 heteroatoms. The van der Waals surface area contributed by atoms with Crippen LogP contribution in [-0.4, -0.2) is 41.0 Å². The Morgan fingerprint density at radius 2 is 1.95 bits per heavy atom. The molecule has 0 N–H and O–H groups in total. The zero-order chi connectivity index (χ0) is 15.9. The number of aromatic nitrogens is 2. The SMILES string of the molecule is Cc1ccc2nc(N3C[C@H](C)O[C@@H](C)C3)c(C=O)c(=O)n2c1. The third-order valence-electron chi connectivity index (χ3n) is 3.82. The summed E-state index contributed by atoms with van der Waals surface area (Å²) in [6.07, 6.45) is 2.36. The monoisotopic (exact) mass is 301 g/mol. The van der Waals surface area contributed by atoms with Crippen LogP contribution in [0.3, 0.4) is 0 Å². The van der Waals surface area contributed by atoms with Crippen molar-refractivity contribution in [3.8, 4) is 0 Å². The van der Waals surface area contributed by atoms with Crippen LogP contribution in [0.5, 0.6) is 0 Å². The third kappa shape index (κ3) is 2.50. The third-order valence-corrected chi connectivity index (χ3v) is 3.82. The second-order valence-electron chi connectivity index (χ2n) is 5.87. The van der Waals surface area contributed by atoms with Crippen LogP contribution in [-0.2, 0) is 4.74 Å². The van der Waals surface area contributed by atoms with Crippen LogP contribution in [0.2, 0.25) is 0 Å². The predicted molar refractivity (Wildman–Crippen MR) is 83.8 cm³/mol. The standard InChI is InChI=1S/C16H19N3O3/c1-10-4-5-14-17-15(13(9-20)16(21)19(14)6-10)18-7-11(2)22-12(3)8-18/h4-6,9,11-12H,7-8H2,1-3H3/t11-,12-/m0/s1. The van der Waals surface area contributed by atoms with Gasteiger partial charge in [-0.25, -0.2) is 4.98 Å². The molecule has 6 nitrogen and oxygen atoms in total. The largest absolute Gasteiger partial charge is 0.372 e. The number of carbonyl (C=O) groups is 1. The van der Waals surface area contributed by atoms with Crippen molar-refractivity contribution in [2.45, 2.75) is 33.0 Å². The second kappa shape index (κ2) is 5.53. The number of pyridine rings is 1. The number of hydrogen-bond donors (Lipinski definition) is 0. The van der Waals surface area contributed by atoms with Crippen LogP contribution < -0.4 is 10.5 Å². The summed E-state index contributed by atoms with van der Waals surface area (Å²) in [5, 5.41) is 0. The van der Waals surface area contributed by atoms with Crippen molar-refractivity contribution in [2.24, 2.45) is 0 Å². The molecule has 0 aromatic carbocycles. The smallest absolute Gasteiger partial charge is 0.270 e. The molecule has 0 unspecified atom stereocenters. The summed E-state index contributed by atoms with van der Waals surface area (Å²) >= 11 is 0. The predicted octanol–water partition coefficient (Wildman–Crippen LogP) is 1.43. The van der Waals surface area contributed by atoms with E-state index in [4.69, 9.17) is 4.74 Å². The molecule has 3 heterocycles. The highest BCUT2D eigenvalue weighted by Gasteiger charge is 2.26. The van der Waals surface area contributed by atoms with Crippen molar-refractivity contribution in [1.29, 1.82) is 0 Å². The molecule has 2 atom stereocenters. The van der Waals surface area contributed by atoms with Crippen molar-refractivity contribution >= 4 is 17.8 Å². The number of aldehydes is 1. The molecular formula is C16H19N3O3. The summed E-state index contributed by atoms with van der Waals surface area (Å²) in [6.45, 7) is 7.06. The van der Waals surface area contributed by atoms with Crippen LogP contribution in [0.1, 0.15) is 29.8 Å². The van der Waals surface area contributed by atoms with Crippen LogP contribution in [0, 0.1) is 6.92 Å². The molecular weight excluding hydrogens is 282 g/mol. The maximum atomic E-state index is 12.6. The minimum Gasteiger partial charge on any atom is -0.372 e. The highest BCUT2D eigenvalue weighted by molar-refractivity contribution is 5.83. The Balaban J connectivity index is 2.19. The molecule has 0 amide bonds. The van der Waals surface area contributed by atoms with E-state index in [-0.39, 0.29) is 23.3 Å². The van der Waals surface area contributed by atoms with Crippen molar-refractivity contribution in [1.82, 2.24) is 9.38 Å². The molecule has 1 aliphatic rings. The Morgan fingerprint density at radius 3 is 2.59 bits per heavy atom. The topological polar surface area (TPSA) is 63.9 Å². The molecule has 1 fully saturated rings. The number of rotatable bonds is 2. The lowest BCUT2D eigenvalue weighted by molar-refractivity contribution is -0.00550. The number of morpholine rings is 1. The van der Waals surface area contributed by atoms with E-state index < -0.39 is 0 Å². The van der Waals surface area contributed by atoms with Gasteiger partial charge in [0.05, 0.1) is 12.2 Å². The minimum absolute atomic E-state index is 0.0292. The van der Waals surface area contributed by atoms with Crippen molar-refractivity contribution in [2.75, 3.05) is 18.0 Å². The Bertz CT molecular complexity index is 774. The molecule has 0 spiro atoms. The minimum atomic E-state index is -0.328. The summed E-state index contributed by atoms with van der Waals surface area (Å²) in [5.41, 5.74) is 1.26. The fourth-order valence-corrected chi connectivity index (χ4v) is 2.94. The first-order valence-corrected chi connectivity index (χ1v) is 7.38. The van der Waals surface area contributed by atoms with E-state index in [1.165, 1.54) is 4.40 Å². The number of anilines is 1. The average Bonchev–Trinajstić information content (AvgIpc) is 2.46. The first-order valence-electron chi connectivity index (χ1n) is 7.38. The van der Waals surface area contributed by atoms with Crippen LogP contribution in [0.15, 0.2) is 23.1 Å². The van der Waals surface area contributed by atoms with E-state index in [0.717, 1.165) is 5.56 Å². The van der Waals surface area contributed by atoms with Gasteiger partial charge in [-0.15, -0.1) is 0 Å². The molecule has 2 aromatic heterocycles. The van der Waals surface area contributed by atoms with Gasteiger partial charge < -0.3 is 9.64 Å². The highest BCUT2D eigenvalue weighted by Crippen LogP contribution is 2.20. The van der Waals surface area contributed by atoms with Crippen molar-refractivity contribution in [3.63, 3.8) is 0 Å². The Labute approximate surface area is 128 Å². The molecule has 0 bridgehead atoms.